The average Bonchev–Trinajstić information content (AvgIpc) is 2.67. The number of carbonyl (C=O) groups is 2. The minimum atomic E-state index is -0.573. The number of ether oxygens (including phenoxy) is 1. The second-order valence-electron chi connectivity index (χ2n) is 4.28. The van der Waals surface area contributed by atoms with Crippen molar-refractivity contribution in [2.24, 2.45) is 9.98 Å². The average molecular weight is 246 g/mol. The predicted octanol–water partition coefficient (Wildman–Crippen LogP) is 1.36. The Balaban J connectivity index is 2.73. The summed E-state index contributed by atoms with van der Waals surface area (Å²) in [6.45, 7) is 5.96. The molecule has 1 heterocycles. The fourth-order valence-corrected chi connectivity index (χ4v) is 1.92. The summed E-state index contributed by atoms with van der Waals surface area (Å²) < 4.78 is 5.03. The summed E-state index contributed by atoms with van der Waals surface area (Å²) in [4.78, 5) is 30.8. The largest absolute Gasteiger partial charge is 0.462 e. The summed E-state index contributed by atoms with van der Waals surface area (Å²) in [5.41, 5.74) is 1.18. The lowest BCUT2D eigenvalue weighted by Crippen LogP contribution is -2.31. The second-order valence-corrected chi connectivity index (χ2v) is 4.28. The molecule has 0 bridgehead atoms. The highest BCUT2D eigenvalue weighted by Crippen LogP contribution is 2.17. The van der Waals surface area contributed by atoms with Gasteiger partial charge in [-0.25, -0.2) is 9.59 Å². The highest BCUT2D eigenvalue weighted by Gasteiger charge is 2.21. The topological polar surface area (TPSA) is 68.1 Å². The van der Waals surface area contributed by atoms with Crippen LogP contribution >= 0.6 is 0 Å². The van der Waals surface area contributed by atoms with Crippen LogP contribution < -0.4 is 10.7 Å². The van der Waals surface area contributed by atoms with E-state index in [1.54, 1.807) is 19.1 Å². The van der Waals surface area contributed by atoms with Gasteiger partial charge in [0.15, 0.2) is 0 Å². The third kappa shape index (κ3) is 2.03. The van der Waals surface area contributed by atoms with Crippen LogP contribution in [0.15, 0.2) is 22.1 Å². The van der Waals surface area contributed by atoms with E-state index in [0.29, 0.717) is 16.3 Å². The zero-order chi connectivity index (χ0) is 13.3. The Morgan fingerprint density at radius 1 is 1.33 bits per heavy atom. The highest BCUT2D eigenvalue weighted by molar-refractivity contribution is 5.92. The van der Waals surface area contributed by atoms with Crippen molar-refractivity contribution in [3.63, 3.8) is 0 Å². The van der Waals surface area contributed by atoms with Crippen molar-refractivity contribution in [2.45, 2.75) is 26.7 Å². The van der Waals surface area contributed by atoms with Crippen LogP contribution in [-0.4, -0.2) is 18.6 Å². The summed E-state index contributed by atoms with van der Waals surface area (Å²) in [6, 6.07) is 2.94. The van der Waals surface area contributed by atoms with Gasteiger partial charge in [0.2, 0.25) is 0 Å². The summed E-state index contributed by atoms with van der Waals surface area (Å²) in [7, 11) is 0. The van der Waals surface area contributed by atoms with Gasteiger partial charge in [0.25, 0.3) is 0 Å². The normalized spacial score (nSPS) is 13.0. The van der Waals surface area contributed by atoms with Crippen LogP contribution in [0.2, 0.25) is 0 Å². The van der Waals surface area contributed by atoms with Gasteiger partial charge >= 0.3 is 12.0 Å². The Labute approximate surface area is 104 Å². The van der Waals surface area contributed by atoms with Crippen LogP contribution in [0.1, 0.15) is 42.6 Å². The zero-order valence-electron chi connectivity index (χ0n) is 10.6. The minimum Gasteiger partial charge on any atom is -0.462 e. The van der Waals surface area contributed by atoms with Gasteiger partial charge in [-0.2, -0.15) is 9.98 Å². The highest BCUT2D eigenvalue weighted by atomic mass is 16.5. The quantitative estimate of drug-likeness (QED) is 0.756. The molecule has 5 nitrogen and oxygen atoms in total. The summed E-state index contributed by atoms with van der Waals surface area (Å²) >= 11 is 0. The van der Waals surface area contributed by atoms with Crippen molar-refractivity contribution < 1.29 is 14.3 Å². The minimum absolute atomic E-state index is 0.139. The molecule has 5 heteroatoms. The molecule has 0 saturated carbocycles. The van der Waals surface area contributed by atoms with E-state index in [4.69, 9.17) is 4.74 Å². The number of urea groups is 1. The molecule has 1 aliphatic heterocycles. The van der Waals surface area contributed by atoms with Gasteiger partial charge in [0, 0.05) is 0 Å². The first-order valence-electron chi connectivity index (χ1n) is 5.86. The zero-order valence-corrected chi connectivity index (χ0v) is 10.6. The van der Waals surface area contributed by atoms with Crippen LogP contribution in [0.4, 0.5) is 4.79 Å². The smallest absolute Gasteiger partial charge is 0.368 e. The van der Waals surface area contributed by atoms with Crippen molar-refractivity contribution in [3.05, 3.63) is 34.0 Å². The summed E-state index contributed by atoms with van der Waals surface area (Å²) in [5.74, 6) is -0.313. The van der Waals surface area contributed by atoms with Crippen molar-refractivity contribution in [3.8, 4) is 0 Å². The van der Waals surface area contributed by atoms with E-state index in [9.17, 15) is 9.59 Å². The first-order chi connectivity index (χ1) is 8.54. The molecule has 2 amide bonds. The van der Waals surface area contributed by atoms with Crippen LogP contribution in [0.3, 0.4) is 0 Å². The van der Waals surface area contributed by atoms with Gasteiger partial charge in [-0.3, -0.25) is 0 Å². The van der Waals surface area contributed by atoms with Crippen molar-refractivity contribution in [1.29, 1.82) is 0 Å². The second kappa shape index (κ2) is 4.68. The van der Waals surface area contributed by atoms with Crippen LogP contribution in [0, 0.1) is 0 Å². The number of hydrogen-bond acceptors (Lipinski definition) is 3. The lowest BCUT2D eigenvalue weighted by atomic mass is 9.96. The van der Waals surface area contributed by atoms with Crippen LogP contribution in [-0.2, 0) is 4.74 Å². The first kappa shape index (κ1) is 12.4. The maximum atomic E-state index is 12.0. The van der Waals surface area contributed by atoms with Crippen LogP contribution in [0.5, 0.6) is 0 Å². The number of rotatable bonds is 3. The molecule has 2 rings (SSSR count). The Morgan fingerprint density at radius 2 is 2.06 bits per heavy atom. The van der Waals surface area contributed by atoms with E-state index in [2.05, 4.69) is 9.98 Å². The number of benzene rings is 1. The molecule has 0 radical (unpaired) electrons. The molecule has 0 unspecified atom stereocenters. The van der Waals surface area contributed by atoms with Crippen LogP contribution in [0.25, 0.3) is 0 Å². The molecule has 1 aliphatic rings. The Hall–Kier alpha value is -2.04. The molecule has 0 spiro atoms. The lowest BCUT2D eigenvalue weighted by molar-refractivity contribution is 0.0522. The first-order valence-corrected chi connectivity index (χ1v) is 5.86. The molecule has 0 aromatic heterocycles. The monoisotopic (exact) mass is 246 g/mol. The Bertz CT molecular complexity index is 632. The van der Waals surface area contributed by atoms with E-state index in [-0.39, 0.29) is 12.5 Å². The van der Waals surface area contributed by atoms with Gasteiger partial charge < -0.3 is 4.74 Å². The fourth-order valence-electron chi connectivity index (χ4n) is 1.92. The lowest BCUT2D eigenvalue weighted by Gasteiger charge is -2.11. The van der Waals surface area contributed by atoms with Gasteiger partial charge in [-0.15, -0.1) is 0 Å². The third-order valence-electron chi connectivity index (χ3n) is 2.71. The number of hydrogen-bond donors (Lipinski definition) is 0. The molecule has 18 heavy (non-hydrogen) atoms. The molecule has 0 atom stereocenters. The molecular weight excluding hydrogens is 232 g/mol. The number of fused-ring (bicyclic) bond motifs is 1. The molecule has 0 N–H and O–H groups in total. The van der Waals surface area contributed by atoms with Gasteiger partial charge in [-0.1, -0.05) is 19.9 Å². The van der Waals surface area contributed by atoms with Crippen molar-refractivity contribution >= 4 is 12.0 Å². The summed E-state index contributed by atoms with van der Waals surface area (Å²) in [6.07, 6.45) is 0. The third-order valence-corrected chi connectivity index (χ3v) is 2.71. The van der Waals surface area contributed by atoms with E-state index in [1.807, 2.05) is 13.8 Å². The number of nitrogens with zero attached hydrogens (tertiary/aromatic N) is 2. The molecule has 0 fully saturated rings. The van der Waals surface area contributed by atoms with Gasteiger partial charge in [-0.05, 0) is 24.5 Å². The molecule has 1 aromatic rings. The predicted molar refractivity (Wildman–Crippen MR) is 64.2 cm³/mol. The van der Waals surface area contributed by atoms with E-state index in [1.165, 1.54) is 0 Å². The van der Waals surface area contributed by atoms with E-state index >= 15 is 0 Å². The molecule has 0 aliphatic carbocycles. The van der Waals surface area contributed by atoms with Crippen molar-refractivity contribution in [2.75, 3.05) is 6.61 Å². The van der Waals surface area contributed by atoms with Gasteiger partial charge in [0.05, 0.1) is 17.5 Å². The SMILES string of the molecule is CCOC(=O)c1c(C(C)C)ccc2c1=NC(=O)N=2. The molecular formula is C13H14N2O3. The Kier molecular flexibility index (Phi) is 3.23. The maximum absolute atomic E-state index is 12.0. The maximum Gasteiger partial charge on any atom is 0.368 e. The number of esters is 1. The number of amides is 2. The molecule has 94 valence electrons. The number of carbonyl (C=O) groups excluding carboxylic acids is 2. The fraction of sp³-hybridized carbons (Fsp3) is 0.385. The van der Waals surface area contributed by atoms with E-state index in [0.717, 1.165) is 5.56 Å². The summed E-state index contributed by atoms with van der Waals surface area (Å²) in [5, 5.41) is 0.775. The van der Waals surface area contributed by atoms with Gasteiger partial charge in [0.1, 0.15) is 5.36 Å². The molecule has 0 saturated heterocycles. The Morgan fingerprint density at radius 3 is 2.67 bits per heavy atom. The standard InChI is InChI=1S/C13H14N2O3/c1-4-18-12(16)10-8(7(2)3)5-6-9-11(10)15-13(17)14-9/h5-7H,4H2,1-3H3. The molecule has 1 aromatic carbocycles. The van der Waals surface area contributed by atoms with Crippen molar-refractivity contribution in [1.82, 2.24) is 0 Å². The van der Waals surface area contributed by atoms with E-state index < -0.39 is 12.0 Å².